The molecule has 2 aromatic carbocycles. The van der Waals surface area contributed by atoms with Crippen molar-refractivity contribution in [2.75, 3.05) is 31.4 Å². The summed E-state index contributed by atoms with van der Waals surface area (Å²) in [4.78, 5) is 9.04. The van der Waals surface area contributed by atoms with Gasteiger partial charge in [-0.1, -0.05) is 30.3 Å². The monoisotopic (exact) mass is 378 g/mol. The van der Waals surface area contributed by atoms with Gasteiger partial charge in [-0.3, -0.25) is 0 Å². The van der Waals surface area contributed by atoms with Crippen LogP contribution in [0, 0.1) is 6.92 Å². The van der Waals surface area contributed by atoms with Crippen molar-refractivity contribution in [2.45, 2.75) is 19.9 Å². The third-order valence-electron chi connectivity index (χ3n) is 4.36. The molecule has 1 aromatic heterocycles. The highest BCUT2D eigenvalue weighted by molar-refractivity contribution is 5.44. The molecule has 0 radical (unpaired) electrons. The second-order valence-electron chi connectivity index (χ2n) is 6.41. The van der Waals surface area contributed by atoms with E-state index in [0.29, 0.717) is 12.5 Å². The summed E-state index contributed by atoms with van der Waals surface area (Å²) >= 11 is 0. The van der Waals surface area contributed by atoms with Gasteiger partial charge in [-0.25, -0.2) is 4.98 Å². The van der Waals surface area contributed by atoms with Gasteiger partial charge in [-0.05, 0) is 37.1 Å². The van der Waals surface area contributed by atoms with Gasteiger partial charge in [0, 0.05) is 30.4 Å². The fourth-order valence-electron chi connectivity index (χ4n) is 2.89. The Balaban J connectivity index is 1.57. The Morgan fingerprint density at radius 2 is 1.68 bits per heavy atom. The zero-order valence-corrected chi connectivity index (χ0v) is 16.5. The molecule has 0 fully saturated rings. The maximum Gasteiger partial charge on any atom is 0.225 e. The summed E-state index contributed by atoms with van der Waals surface area (Å²) in [5, 5.41) is 6.66. The molecule has 3 rings (SSSR count). The summed E-state index contributed by atoms with van der Waals surface area (Å²) < 4.78 is 10.6. The third kappa shape index (κ3) is 5.36. The number of aromatic nitrogens is 2. The van der Waals surface area contributed by atoms with E-state index in [4.69, 9.17) is 9.47 Å². The molecule has 0 saturated carbocycles. The van der Waals surface area contributed by atoms with Gasteiger partial charge >= 0.3 is 0 Å². The zero-order chi connectivity index (χ0) is 19.8. The lowest BCUT2D eigenvalue weighted by atomic mass is 10.1. The Morgan fingerprint density at radius 1 is 0.893 bits per heavy atom. The standard InChI is InChI=1S/C22H26N4O2/c1-16-14-21(23-13-12-17-8-10-19(27-2)11-9-17)26-22(25-16)24-15-18-6-4-5-7-20(18)28-3/h4-11,14H,12-13,15H2,1-3H3,(H2,23,24,25,26). The summed E-state index contributed by atoms with van der Waals surface area (Å²) in [5.41, 5.74) is 3.21. The lowest BCUT2D eigenvalue weighted by Crippen LogP contribution is -2.10. The summed E-state index contributed by atoms with van der Waals surface area (Å²) in [6.45, 7) is 3.35. The predicted molar refractivity (Wildman–Crippen MR) is 112 cm³/mol. The van der Waals surface area contributed by atoms with Gasteiger partial charge in [0.05, 0.1) is 14.2 Å². The van der Waals surface area contributed by atoms with Crippen molar-refractivity contribution in [2.24, 2.45) is 0 Å². The van der Waals surface area contributed by atoms with Crippen molar-refractivity contribution < 1.29 is 9.47 Å². The Hall–Kier alpha value is -3.28. The Labute approximate surface area is 166 Å². The minimum Gasteiger partial charge on any atom is -0.497 e. The molecule has 2 N–H and O–H groups in total. The summed E-state index contributed by atoms with van der Waals surface area (Å²) in [6, 6.07) is 18.0. The molecule has 0 unspecified atom stereocenters. The topological polar surface area (TPSA) is 68.3 Å². The number of anilines is 2. The number of methoxy groups -OCH3 is 2. The van der Waals surface area contributed by atoms with Crippen molar-refractivity contribution in [3.63, 3.8) is 0 Å². The summed E-state index contributed by atoms with van der Waals surface area (Å²) in [7, 11) is 3.35. The van der Waals surface area contributed by atoms with Gasteiger partial charge in [-0.2, -0.15) is 4.98 Å². The van der Waals surface area contributed by atoms with Crippen molar-refractivity contribution >= 4 is 11.8 Å². The Morgan fingerprint density at radius 3 is 2.43 bits per heavy atom. The van der Waals surface area contributed by atoms with Crippen LogP contribution in [0.1, 0.15) is 16.8 Å². The third-order valence-corrected chi connectivity index (χ3v) is 4.36. The number of hydrogen-bond acceptors (Lipinski definition) is 6. The number of nitrogens with one attached hydrogen (secondary N) is 2. The molecule has 1 heterocycles. The van der Waals surface area contributed by atoms with Crippen LogP contribution < -0.4 is 20.1 Å². The molecular formula is C22H26N4O2. The van der Waals surface area contributed by atoms with E-state index in [1.165, 1.54) is 5.56 Å². The average Bonchev–Trinajstić information content (AvgIpc) is 2.72. The second kappa shape index (κ2) is 9.60. The van der Waals surface area contributed by atoms with Crippen molar-refractivity contribution in [3.8, 4) is 11.5 Å². The Kier molecular flexibility index (Phi) is 6.68. The largest absolute Gasteiger partial charge is 0.497 e. The molecule has 0 saturated heterocycles. The van der Waals surface area contributed by atoms with Gasteiger partial charge in [0.25, 0.3) is 0 Å². The summed E-state index contributed by atoms with van der Waals surface area (Å²) in [5.74, 6) is 3.12. The molecule has 28 heavy (non-hydrogen) atoms. The number of para-hydroxylation sites is 1. The van der Waals surface area contributed by atoms with Crippen molar-refractivity contribution in [1.82, 2.24) is 9.97 Å². The van der Waals surface area contributed by atoms with E-state index < -0.39 is 0 Å². The number of nitrogens with zero attached hydrogens (tertiary/aromatic N) is 2. The number of ether oxygens (including phenoxy) is 2. The Bertz CT molecular complexity index is 897. The minimum absolute atomic E-state index is 0.595. The molecule has 0 spiro atoms. The number of aryl methyl sites for hydroxylation is 1. The molecule has 0 bridgehead atoms. The fraction of sp³-hybridized carbons (Fsp3) is 0.273. The SMILES string of the molecule is COc1ccc(CCNc2cc(C)nc(NCc3ccccc3OC)n2)cc1. The van der Waals surface area contributed by atoms with E-state index in [9.17, 15) is 0 Å². The molecule has 6 nitrogen and oxygen atoms in total. The average molecular weight is 378 g/mol. The molecular weight excluding hydrogens is 352 g/mol. The van der Waals surface area contributed by atoms with Gasteiger partial charge < -0.3 is 20.1 Å². The van der Waals surface area contributed by atoms with Crippen molar-refractivity contribution in [1.29, 1.82) is 0 Å². The first-order valence-corrected chi connectivity index (χ1v) is 9.26. The first-order chi connectivity index (χ1) is 13.7. The molecule has 0 aliphatic rings. The fourth-order valence-corrected chi connectivity index (χ4v) is 2.89. The summed E-state index contributed by atoms with van der Waals surface area (Å²) in [6.07, 6.45) is 0.900. The smallest absolute Gasteiger partial charge is 0.225 e. The van der Waals surface area contributed by atoms with E-state index in [1.54, 1.807) is 14.2 Å². The molecule has 0 aliphatic carbocycles. The van der Waals surface area contributed by atoms with E-state index in [1.807, 2.05) is 49.4 Å². The van der Waals surface area contributed by atoms with Gasteiger partial charge in [-0.15, -0.1) is 0 Å². The molecule has 6 heteroatoms. The maximum absolute atomic E-state index is 5.39. The molecule has 0 atom stereocenters. The molecule has 146 valence electrons. The van der Waals surface area contributed by atoms with E-state index in [2.05, 4.69) is 32.7 Å². The van der Waals surface area contributed by atoms with Crippen molar-refractivity contribution in [3.05, 3.63) is 71.4 Å². The van der Waals surface area contributed by atoms with Crippen LogP contribution in [0.25, 0.3) is 0 Å². The number of benzene rings is 2. The van der Waals surface area contributed by atoms with Crippen LogP contribution in [0.3, 0.4) is 0 Å². The minimum atomic E-state index is 0.595. The highest BCUT2D eigenvalue weighted by Crippen LogP contribution is 2.19. The van der Waals surface area contributed by atoms with Crippen LogP contribution in [0.5, 0.6) is 11.5 Å². The van der Waals surface area contributed by atoms with E-state index in [-0.39, 0.29) is 0 Å². The highest BCUT2D eigenvalue weighted by Gasteiger charge is 2.05. The van der Waals surface area contributed by atoms with Crippen LogP contribution in [0.15, 0.2) is 54.6 Å². The first-order valence-electron chi connectivity index (χ1n) is 9.26. The number of hydrogen-bond donors (Lipinski definition) is 2. The molecule has 0 aliphatic heterocycles. The normalized spacial score (nSPS) is 10.4. The molecule has 0 amide bonds. The first kappa shape index (κ1) is 19.5. The van der Waals surface area contributed by atoms with Gasteiger partial charge in [0.15, 0.2) is 0 Å². The lowest BCUT2D eigenvalue weighted by Gasteiger charge is -2.12. The van der Waals surface area contributed by atoms with Crippen LogP contribution in [-0.2, 0) is 13.0 Å². The van der Waals surface area contributed by atoms with Gasteiger partial charge in [0.2, 0.25) is 5.95 Å². The van der Waals surface area contributed by atoms with E-state index >= 15 is 0 Å². The lowest BCUT2D eigenvalue weighted by molar-refractivity contribution is 0.410. The number of rotatable bonds is 9. The van der Waals surface area contributed by atoms with E-state index in [0.717, 1.165) is 41.5 Å². The second-order valence-corrected chi connectivity index (χ2v) is 6.41. The zero-order valence-electron chi connectivity index (χ0n) is 16.5. The quantitative estimate of drug-likeness (QED) is 0.585. The highest BCUT2D eigenvalue weighted by atomic mass is 16.5. The van der Waals surface area contributed by atoms with Gasteiger partial charge in [0.1, 0.15) is 17.3 Å². The molecule has 3 aromatic rings. The van der Waals surface area contributed by atoms with Crippen LogP contribution in [0.4, 0.5) is 11.8 Å². The predicted octanol–water partition coefficient (Wildman–Crippen LogP) is 4.07. The maximum atomic E-state index is 5.39. The van der Waals surface area contributed by atoms with Crippen LogP contribution >= 0.6 is 0 Å². The van der Waals surface area contributed by atoms with Crippen LogP contribution in [-0.4, -0.2) is 30.7 Å². The van der Waals surface area contributed by atoms with Crippen LogP contribution in [0.2, 0.25) is 0 Å².